The van der Waals surface area contributed by atoms with E-state index in [1.807, 2.05) is 19.2 Å². The highest BCUT2D eigenvalue weighted by molar-refractivity contribution is 7.07. The van der Waals surface area contributed by atoms with E-state index in [0.717, 1.165) is 25.0 Å². The Morgan fingerprint density at radius 2 is 2.39 bits per heavy atom. The van der Waals surface area contributed by atoms with Gasteiger partial charge in [0.05, 0.1) is 23.4 Å². The van der Waals surface area contributed by atoms with Crippen molar-refractivity contribution in [3.8, 4) is 0 Å². The van der Waals surface area contributed by atoms with Crippen molar-refractivity contribution in [2.75, 3.05) is 0 Å². The molecule has 1 heterocycles. The molecule has 0 aliphatic heterocycles. The van der Waals surface area contributed by atoms with Gasteiger partial charge in [0.15, 0.2) is 0 Å². The van der Waals surface area contributed by atoms with Gasteiger partial charge in [0.2, 0.25) is 5.91 Å². The molecule has 0 saturated heterocycles. The maximum Gasteiger partial charge on any atom is 0.220 e. The number of hydrogen-bond donors (Lipinski definition) is 1. The molecule has 1 saturated carbocycles. The van der Waals surface area contributed by atoms with Crippen LogP contribution in [0, 0.1) is 0 Å². The first kappa shape index (κ1) is 13.5. The lowest BCUT2D eigenvalue weighted by Crippen LogP contribution is -2.48. The molecule has 0 bridgehead atoms. The second kappa shape index (κ2) is 6.29. The predicted molar refractivity (Wildman–Crippen MR) is 71.6 cm³/mol. The van der Waals surface area contributed by atoms with Gasteiger partial charge in [0.1, 0.15) is 0 Å². The average Bonchev–Trinajstić information content (AvgIpc) is 2.75. The second-order valence-electron chi connectivity index (χ2n) is 5.02. The number of amides is 1. The maximum atomic E-state index is 11.7. The fourth-order valence-electron chi connectivity index (χ4n) is 2.08. The molecule has 0 radical (unpaired) electrons. The third-order valence-electron chi connectivity index (χ3n) is 3.02. The molecular formula is C13H20N2O2S. The summed E-state index contributed by atoms with van der Waals surface area (Å²) in [7, 11) is 0. The third-order valence-corrected chi connectivity index (χ3v) is 3.65. The Morgan fingerprint density at radius 3 is 3.00 bits per heavy atom. The standard InChI is InChI=1S/C13H20N2O2S/c1-9(2)17-12-5-11(6-12)15-13(16)4-3-10-7-18-8-14-10/h7-9,11-12H,3-6H2,1-2H3,(H,15,16). The van der Waals surface area contributed by atoms with E-state index < -0.39 is 0 Å². The highest BCUT2D eigenvalue weighted by atomic mass is 32.1. The van der Waals surface area contributed by atoms with E-state index >= 15 is 0 Å². The van der Waals surface area contributed by atoms with E-state index in [2.05, 4.69) is 10.3 Å². The lowest BCUT2D eigenvalue weighted by Gasteiger charge is -2.36. The summed E-state index contributed by atoms with van der Waals surface area (Å²) in [6, 6.07) is 0.302. The van der Waals surface area contributed by atoms with Crippen molar-refractivity contribution in [2.45, 2.75) is 57.8 Å². The second-order valence-corrected chi connectivity index (χ2v) is 5.74. The van der Waals surface area contributed by atoms with Gasteiger partial charge in [0, 0.05) is 17.8 Å². The van der Waals surface area contributed by atoms with Crippen molar-refractivity contribution in [3.05, 3.63) is 16.6 Å². The number of nitrogens with one attached hydrogen (secondary N) is 1. The van der Waals surface area contributed by atoms with E-state index in [1.165, 1.54) is 0 Å². The number of thiazole rings is 1. The van der Waals surface area contributed by atoms with Gasteiger partial charge in [0.25, 0.3) is 0 Å². The molecule has 2 rings (SSSR count). The largest absolute Gasteiger partial charge is 0.375 e. The normalized spacial score (nSPS) is 22.8. The van der Waals surface area contributed by atoms with Crippen LogP contribution in [-0.2, 0) is 16.0 Å². The van der Waals surface area contributed by atoms with Gasteiger partial charge in [-0.15, -0.1) is 11.3 Å². The van der Waals surface area contributed by atoms with E-state index in [-0.39, 0.29) is 12.0 Å². The van der Waals surface area contributed by atoms with Gasteiger partial charge in [-0.25, -0.2) is 4.98 Å². The highest BCUT2D eigenvalue weighted by Crippen LogP contribution is 2.24. The van der Waals surface area contributed by atoms with Crippen molar-refractivity contribution >= 4 is 17.2 Å². The van der Waals surface area contributed by atoms with Crippen LogP contribution in [0.4, 0.5) is 0 Å². The zero-order valence-corrected chi connectivity index (χ0v) is 11.7. The minimum absolute atomic E-state index is 0.121. The van der Waals surface area contributed by atoms with Crippen LogP contribution in [0.15, 0.2) is 10.9 Å². The van der Waals surface area contributed by atoms with Gasteiger partial charge >= 0.3 is 0 Å². The Hall–Kier alpha value is -0.940. The van der Waals surface area contributed by atoms with E-state index in [4.69, 9.17) is 4.74 Å². The quantitative estimate of drug-likeness (QED) is 0.860. The summed E-state index contributed by atoms with van der Waals surface area (Å²) in [4.78, 5) is 15.9. The van der Waals surface area contributed by atoms with Crippen LogP contribution >= 0.6 is 11.3 Å². The van der Waals surface area contributed by atoms with Crippen molar-refractivity contribution in [1.82, 2.24) is 10.3 Å². The molecule has 1 aromatic rings. The topological polar surface area (TPSA) is 51.2 Å². The Bertz CT molecular complexity index is 372. The summed E-state index contributed by atoms with van der Waals surface area (Å²) < 4.78 is 5.66. The number of rotatable bonds is 6. The summed E-state index contributed by atoms with van der Waals surface area (Å²) in [5.74, 6) is 0.121. The Labute approximate surface area is 112 Å². The van der Waals surface area contributed by atoms with Crippen LogP contribution in [-0.4, -0.2) is 29.1 Å². The van der Waals surface area contributed by atoms with Crippen molar-refractivity contribution < 1.29 is 9.53 Å². The molecule has 0 aromatic carbocycles. The minimum Gasteiger partial charge on any atom is -0.375 e. The minimum atomic E-state index is 0.121. The monoisotopic (exact) mass is 268 g/mol. The molecule has 1 aliphatic carbocycles. The third kappa shape index (κ3) is 4.07. The van der Waals surface area contributed by atoms with Gasteiger partial charge in [-0.05, 0) is 33.1 Å². The molecule has 0 spiro atoms. The zero-order valence-electron chi connectivity index (χ0n) is 10.9. The Kier molecular flexibility index (Phi) is 4.72. The highest BCUT2D eigenvalue weighted by Gasteiger charge is 2.31. The fourth-order valence-corrected chi connectivity index (χ4v) is 2.67. The first-order chi connectivity index (χ1) is 8.63. The number of aromatic nitrogens is 1. The van der Waals surface area contributed by atoms with Crippen LogP contribution in [0.1, 0.15) is 38.8 Å². The summed E-state index contributed by atoms with van der Waals surface area (Å²) in [6.07, 6.45) is 3.75. The van der Waals surface area contributed by atoms with Gasteiger partial charge < -0.3 is 10.1 Å². The van der Waals surface area contributed by atoms with Crippen LogP contribution < -0.4 is 5.32 Å². The predicted octanol–water partition coefficient (Wildman–Crippen LogP) is 2.15. The first-order valence-electron chi connectivity index (χ1n) is 6.45. The molecule has 5 heteroatoms. The summed E-state index contributed by atoms with van der Waals surface area (Å²) in [6.45, 7) is 4.08. The van der Waals surface area contributed by atoms with Gasteiger partial charge in [-0.2, -0.15) is 0 Å². The molecule has 4 nitrogen and oxygen atoms in total. The van der Waals surface area contributed by atoms with Crippen LogP contribution in [0.5, 0.6) is 0 Å². The molecule has 1 amide bonds. The number of carbonyl (C=O) groups excluding carboxylic acids is 1. The van der Waals surface area contributed by atoms with E-state index in [1.54, 1.807) is 16.8 Å². The molecule has 1 aromatic heterocycles. The number of aryl methyl sites for hydroxylation is 1. The SMILES string of the molecule is CC(C)OC1CC(NC(=O)CCc2cscn2)C1. The Morgan fingerprint density at radius 1 is 1.61 bits per heavy atom. The molecule has 0 atom stereocenters. The summed E-state index contributed by atoms with van der Waals surface area (Å²) >= 11 is 1.57. The molecule has 0 unspecified atom stereocenters. The zero-order chi connectivity index (χ0) is 13.0. The molecule has 1 aliphatic rings. The van der Waals surface area contributed by atoms with E-state index in [9.17, 15) is 4.79 Å². The van der Waals surface area contributed by atoms with Crippen LogP contribution in [0.3, 0.4) is 0 Å². The van der Waals surface area contributed by atoms with Crippen molar-refractivity contribution in [1.29, 1.82) is 0 Å². The van der Waals surface area contributed by atoms with E-state index in [0.29, 0.717) is 18.6 Å². The maximum absolute atomic E-state index is 11.7. The molecule has 100 valence electrons. The lowest BCUT2D eigenvalue weighted by atomic mass is 9.89. The van der Waals surface area contributed by atoms with Crippen LogP contribution in [0.2, 0.25) is 0 Å². The Balaban J connectivity index is 1.59. The van der Waals surface area contributed by atoms with Crippen molar-refractivity contribution in [2.24, 2.45) is 0 Å². The number of nitrogens with zero attached hydrogens (tertiary/aromatic N) is 1. The van der Waals surface area contributed by atoms with Crippen molar-refractivity contribution in [3.63, 3.8) is 0 Å². The molecular weight excluding hydrogens is 248 g/mol. The number of hydrogen-bond acceptors (Lipinski definition) is 4. The van der Waals surface area contributed by atoms with Crippen LogP contribution in [0.25, 0.3) is 0 Å². The number of carbonyl (C=O) groups is 1. The first-order valence-corrected chi connectivity index (χ1v) is 7.39. The molecule has 1 fully saturated rings. The smallest absolute Gasteiger partial charge is 0.220 e. The average molecular weight is 268 g/mol. The van der Waals surface area contributed by atoms with Gasteiger partial charge in [-0.3, -0.25) is 4.79 Å². The molecule has 1 N–H and O–H groups in total. The number of ether oxygens (including phenoxy) is 1. The lowest BCUT2D eigenvalue weighted by molar-refractivity contribution is -0.124. The van der Waals surface area contributed by atoms with Gasteiger partial charge in [-0.1, -0.05) is 0 Å². The molecule has 18 heavy (non-hydrogen) atoms. The summed E-state index contributed by atoms with van der Waals surface area (Å²) in [5.41, 5.74) is 2.80. The fraction of sp³-hybridized carbons (Fsp3) is 0.692. The summed E-state index contributed by atoms with van der Waals surface area (Å²) in [5, 5.41) is 5.03.